The van der Waals surface area contributed by atoms with Gasteiger partial charge in [0.05, 0.1) is 18.2 Å². The molecule has 0 bridgehead atoms. The third kappa shape index (κ3) is 4.48. The normalized spacial score (nSPS) is 11.8. The van der Waals surface area contributed by atoms with Gasteiger partial charge in [-0.3, -0.25) is 9.59 Å². The first kappa shape index (κ1) is 20.6. The van der Waals surface area contributed by atoms with Crippen LogP contribution in [0.2, 0.25) is 0 Å². The molecule has 0 saturated heterocycles. The second kappa shape index (κ2) is 9.38. The summed E-state index contributed by atoms with van der Waals surface area (Å²) in [5.41, 5.74) is 0.293. The number of methoxy groups -OCH3 is 1. The summed E-state index contributed by atoms with van der Waals surface area (Å²) in [5, 5.41) is 7.83. The van der Waals surface area contributed by atoms with Crippen molar-refractivity contribution in [3.63, 3.8) is 0 Å². The molecule has 0 fully saturated rings. The number of ether oxygens (including phenoxy) is 1. The fourth-order valence-corrected chi connectivity index (χ4v) is 3.43. The average molecular weight is 411 g/mol. The molecule has 2 aromatic carbocycles. The molecule has 3 aromatic rings. The standard InChI is InChI=1S/C21H21N3O4S/c1-28-21(27)17(12-13-29-2)22-19(25)18-15-10-6-7-11-16(15)20(26)24(23-18)14-8-4-3-5-9-14/h3-11,17H,12-13H2,1-2H3,(H,22,25)/t17-/m1/s1. The van der Waals surface area contributed by atoms with Crippen molar-refractivity contribution in [2.75, 3.05) is 19.1 Å². The van der Waals surface area contributed by atoms with Crippen molar-refractivity contribution in [2.24, 2.45) is 0 Å². The highest BCUT2D eigenvalue weighted by atomic mass is 32.2. The minimum atomic E-state index is -0.794. The fourth-order valence-electron chi connectivity index (χ4n) is 2.95. The highest BCUT2D eigenvalue weighted by molar-refractivity contribution is 7.98. The van der Waals surface area contributed by atoms with Crippen molar-refractivity contribution < 1.29 is 14.3 Å². The molecule has 0 aliphatic rings. The van der Waals surface area contributed by atoms with Gasteiger partial charge in [0, 0.05) is 5.39 Å². The quantitative estimate of drug-likeness (QED) is 0.601. The minimum absolute atomic E-state index is 0.0714. The molecule has 8 heteroatoms. The van der Waals surface area contributed by atoms with Gasteiger partial charge in [0.25, 0.3) is 11.5 Å². The van der Waals surface area contributed by atoms with Crippen LogP contribution >= 0.6 is 11.8 Å². The summed E-state index contributed by atoms with van der Waals surface area (Å²) in [6, 6.07) is 14.9. The molecule has 3 rings (SSSR count). The molecule has 0 saturated carbocycles. The van der Waals surface area contributed by atoms with E-state index in [1.54, 1.807) is 60.3 Å². The van der Waals surface area contributed by atoms with Crippen LogP contribution in [0.5, 0.6) is 0 Å². The summed E-state index contributed by atoms with van der Waals surface area (Å²) < 4.78 is 6.01. The van der Waals surface area contributed by atoms with E-state index in [4.69, 9.17) is 4.74 Å². The van der Waals surface area contributed by atoms with Gasteiger partial charge >= 0.3 is 5.97 Å². The van der Waals surface area contributed by atoms with Crippen LogP contribution < -0.4 is 10.9 Å². The lowest BCUT2D eigenvalue weighted by molar-refractivity contribution is -0.142. The molecule has 1 atom stereocenters. The summed E-state index contributed by atoms with van der Waals surface area (Å²) in [7, 11) is 1.28. The maximum atomic E-state index is 13.0. The SMILES string of the molecule is COC(=O)[C@@H](CCSC)NC(=O)c1nn(-c2ccccc2)c(=O)c2ccccc12. The van der Waals surface area contributed by atoms with Crippen LogP contribution in [0, 0.1) is 0 Å². The third-order valence-electron chi connectivity index (χ3n) is 4.42. The van der Waals surface area contributed by atoms with Crippen molar-refractivity contribution in [1.82, 2.24) is 15.1 Å². The van der Waals surface area contributed by atoms with E-state index in [1.165, 1.54) is 11.8 Å². The lowest BCUT2D eigenvalue weighted by Gasteiger charge is -2.17. The van der Waals surface area contributed by atoms with Gasteiger partial charge in [-0.2, -0.15) is 21.5 Å². The number of carbonyl (C=O) groups is 2. The first-order valence-corrected chi connectivity index (χ1v) is 10.4. The Labute approximate surface area is 172 Å². The molecule has 0 aliphatic carbocycles. The summed E-state index contributed by atoms with van der Waals surface area (Å²) in [5.74, 6) is -0.381. The summed E-state index contributed by atoms with van der Waals surface area (Å²) in [4.78, 5) is 38.0. The first-order chi connectivity index (χ1) is 14.1. The molecule has 0 unspecified atom stereocenters. The van der Waals surface area contributed by atoms with Crippen LogP contribution in [-0.4, -0.2) is 46.8 Å². The molecular weight excluding hydrogens is 390 g/mol. The van der Waals surface area contributed by atoms with Gasteiger partial charge in [-0.25, -0.2) is 4.79 Å². The van der Waals surface area contributed by atoms with Gasteiger partial charge in [-0.1, -0.05) is 36.4 Å². The van der Waals surface area contributed by atoms with Gasteiger partial charge in [-0.05, 0) is 36.6 Å². The van der Waals surface area contributed by atoms with Gasteiger partial charge in [0.1, 0.15) is 6.04 Å². The molecule has 150 valence electrons. The molecule has 29 heavy (non-hydrogen) atoms. The number of hydrogen-bond acceptors (Lipinski definition) is 6. The van der Waals surface area contributed by atoms with E-state index in [0.29, 0.717) is 28.6 Å². The summed E-state index contributed by atoms with van der Waals surface area (Å²) in [6.45, 7) is 0. The molecule has 1 aromatic heterocycles. The van der Waals surface area contributed by atoms with Gasteiger partial charge in [0.2, 0.25) is 0 Å². The minimum Gasteiger partial charge on any atom is -0.467 e. The maximum absolute atomic E-state index is 13.0. The molecular formula is C21H21N3O4S. The number of nitrogens with one attached hydrogen (secondary N) is 1. The number of rotatable bonds is 7. The Balaban J connectivity index is 2.08. The maximum Gasteiger partial charge on any atom is 0.328 e. The van der Waals surface area contributed by atoms with E-state index in [0.717, 1.165) is 0 Å². The Bertz CT molecular complexity index is 1080. The van der Waals surface area contributed by atoms with Crippen molar-refractivity contribution >= 4 is 34.4 Å². The molecule has 0 spiro atoms. The topological polar surface area (TPSA) is 90.3 Å². The highest BCUT2D eigenvalue weighted by Crippen LogP contribution is 2.16. The number of esters is 1. The van der Waals surface area contributed by atoms with Crippen molar-refractivity contribution in [3.8, 4) is 5.69 Å². The zero-order valence-corrected chi connectivity index (χ0v) is 16.9. The number of hydrogen-bond donors (Lipinski definition) is 1. The Hall–Kier alpha value is -3.13. The van der Waals surface area contributed by atoms with Crippen LogP contribution in [-0.2, 0) is 9.53 Å². The van der Waals surface area contributed by atoms with Crippen molar-refractivity contribution in [1.29, 1.82) is 0 Å². The highest BCUT2D eigenvalue weighted by Gasteiger charge is 2.24. The van der Waals surface area contributed by atoms with E-state index in [2.05, 4.69) is 10.4 Å². The molecule has 0 aliphatic heterocycles. The zero-order chi connectivity index (χ0) is 20.8. The summed E-state index contributed by atoms with van der Waals surface area (Å²) >= 11 is 1.56. The average Bonchev–Trinajstić information content (AvgIpc) is 2.77. The lowest BCUT2D eigenvalue weighted by Crippen LogP contribution is -2.43. The molecule has 7 nitrogen and oxygen atoms in total. The number of benzene rings is 2. The van der Waals surface area contributed by atoms with E-state index in [-0.39, 0.29) is 11.3 Å². The number of nitrogens with zero attached hydrogens (tertiary/aromatic N) is 2. The Kier molecular flexibility index (Phi) is 6.66. The predicted octanol–water partition coefficient (Wildman–Crippen LogP) is 2.41. The Morgan fingerprint density at radius 3 is 2.41 bits per heavy atom. The zero-order valence-electron chi connectivity index (χ0n) is 16.1. The van der Waals surface area contributed by atoms with Gasteiger partial charge < -0.3 is 10.1 Å². The number of aromatic nitrogens is 2. The lowest BCUT2D eigenvalue weighted by atomic mass is 10.1. The number of carbonyl (C=O) groups excluding carboxylic acids is 2. The molecule has 1 N–H and O–H groups in total. The van der Waals surface area contributed by atoms with E-state index in [1.807, 2.05) is 12.3 Å². The number of fused-ring (bicyclic) bond motifs is 1. The van der Waals surface area contributed by atoms with E-state index < -0.39 is 17.9 Å². The van der Waals surface area contributed by atoms with Crippen molar-refractivity contribution in [3.05, 3.63) is 70.6 Å². The van der Waals surface area contributed by atoms with Crippen LogP contribution in [0.25, 0.3) is 16.5 Å². The van der Waals surface area contributed by atoms with E-state index >= 15 is 0 Å². The Morgan fingerprint density at radius 2 is 1.76 bits per heavy atom. The second-order valence-electron chi connectivity index (χ2n) is 6.28. The molecule has 1 amide bonds. The summed E-state index contributed by atoms with van der Waals surface area (Å²) in [6.07, 6.45) is 2.34. The van der Waals surface area contributed by atoms with Crippen LogP contribution in [0.1, 0.15) is 16.9 Å². The number of thioether (sulfide) groups is 1. The van der Waals surface area contributed by atoms with Gasteiger partial charge in [-0.15, -0.1) is 0 Å². The van der Waals surface area contributed by atoms with Gasteiger partial charge in [0.15, 0.2) is 5.69 Å². The second-order valence-corrected chi connectivity index (χ2v) is 7.26. The van der Waals surface area contributed by atoms with Crippen LogP contribution in [0.4, 0.5) is 0 Å². The van der Waals surface area contributed by atoms with Crippen LogP contribution in [0.15, 0.2) is 59.4 Å². The van der Waals surface area contributed by atoms with E-state index in [9.17, 15) is 14.4 Å². The molecule has 1 heterocycles. The Morgan fingerprint density at radius 1 is 1.10 bits per heavy atom. The third-order valence-corrected chi connectivity index (χ3v) is 5.07. The monoisotopic (exact) mass is 411 g/mol. The first-order valence-electron chi connectivity index (χ1n) is 9.02. The molecule has 0 radical (unpaired) electrons. The largest absolute Gasteiger partial charge is 0.467 e. The van der Waals surface area contributed by atoms with Crippen molar-refractivity contribution in [2.45, 2.75) is 12.5 Å². The predicted molar refractivity (Wildman–Crippen MR) is 114 cm³/mol. The smallest absolute Gasteiger partial charge is 0.328 e. The van der Waals surface area contributed by atoms with Crippen LogP contribution in [0.3, 0.4) is 0 Å². The number of para-hydroxylation sites is 1. The number of amides is 1. The fraction of sp³-hybridized carbons (Fsp3) is 0.238.